The molecule has 5 unspecified atom stereocenters. The van der Waals surface area contributed by atoms with Crippen molar-refractivity contribution in [1.82, 2.24) is 0 Å². The number of ether oxygens (including phenoxy) is 2. The highest BCUT2D eigenvalue weighted by molar-refractivity contribution is 4.80. The van der Waals surface area contributed by atoms with E-state index in [-0.39, 0.29) is 18.5 Å². The maximum atomic E-state index is 9.57. The van der Waals surface area contributed by atoms with Crippen molar-refractivity contribution in [2.75, 3.05) is 6.61 Å². The summed E-state index contributed by atoms with van der Waals surface area (Å²) in [5.74, 6) is 1.44. The molecule has 0 spiro atoms. The van der Waals surface area contributed by atoms with E-state index in [1.165, 1.54) is 12.8 Å². The molecule has 0 saturated carbocycles. The van der Waals surface area contributed by atoms with Crippen LogP contribution < -0.4 is 0 Å². The van der Waals surface area contributed by atoms with Gasteiger partial charge in [-0.3, -0.25) is 0 Å². The third-order valence-corrected chi connectivity index (χ3v) is 3.93. The van der Waals surface area contributed by atoms with Crippen molar-refractivity contribution in [2.45, 2.75) is 78.3 Å². The molecule has 1 fully saturated rings. The number of aliphatic hydroxyl groups excluding tert-OH is 1. The first kappa shape index (κ1) is 15.9. The van der Waals surface area contributed by atoms with Gasteiger partial charge in [0.25, 0.3) is 0 Å². The van der Waals surface area contributed by atoms with Crippen molar-refractivity contribution in [3.63, 3.8) is 0 Å². The average Bonchev–Trinajstić information content (AvgIpc) is 3.05. The summed E-state index contributed by atoms with van der Waals surface area (Å²) in [6.45, 7) is 9.32. The van der Waals surface area contributed by atoms with E-state index in [1.807, 2.05) is 0 Å². The van der Waals surface area contributed by atoms with Crippen molar-refractivity contribution in [2.24, 2.45) is 11.8 Å². The fourth-order valence-electron chi connectivity index (χ4n) is 2.40. The van der Waals surface area contributed by atoms with Crippen LogP contribution in [0, 0.1) is 11.8 Å². The maximum Gasteiger partial charge on any atom is 0.184 e. The molecular weight excluding hydrogens is 228 g/mol. The largest absolute Gasteiger partial charge is 0.391 e. The van der Waals surface area contributed by atoms with Crippen LogP contribution in [0.1, 0.15) is 59.8 Å². The molecule has 0 bridgehead atoms. The average molecular weight is 258 g/mol. The third kappa shape index (κ3) is 5.68. The molecule has 18 heavy (non-hydrogen) atoms. The summed E-state index contributed by atoms with van der Waals surface area (Å²) in [6.07, 6.45) is 5.27. The van der Waals surface area contributed by atoms with Gasteiger partial charge in [0, 0.05) is 0 Å². The van der Waals surface area contributed by atoms with Gasteiger partial charge >= 0.3 is 0 Å². The van der Waals surface area contributed by atoms with Crippen molar-refractivity contribution < 1.29 is 14.6 Å². The van der Waals surface area contributed by atoms with Crippen molar-refractivity contribution >= 4 is 0 Å². The van der Waals surface area contributed by atoms with Crippen LogP contribution in [0.5, 0.6) is 0 Å². The fourth-order valence-corrected chi connectivity index (χ4v) is 2.40. The predicted octanol–water partition coefficient (Wildman–Crippen LogP) is 3.35. The van der Waals surface area contributed by atoms with E-state index in [0.29, 0.717) is 12.5 Å². The second-order valence-electron chi connectivity index (χ2n) is 5.80. The lowest BCUT2D eigenvalue weighted by Gasteiger charge is -2.18. The molecule has 1 rings (SSSR count). The fraction of sp³-hybridized carbons (Fsp3) is 1.00. The molecule has 0 radical (unpaired) electrons. The minimum absolute atomic E-state index is 0.0622. The Bertz CT molecular complexity index is 220. The van der Waals surface area contributed by atoms with Crippen molar-refractivity contribution in [1.29, 1.82) is 0 Å². The monoisotopic (exact) mass is 258 g/mol. The number of hydrogen-bond donors (Lipinski definition) is 1. The van der Waals surface area contributed by atoms with E-state index in [4.69, 9.17) is 9.47 Å². The Labute approximate surface area is 112 Å². The number of rotatable bonds is 10. The summed E-state index contributed by atoms with van der Waals surface area (Å²) in [7, 11) is 0. The van der Waals surface area contributed by atoms with Gasteiger partial charge < -0.3 is 14.6 Å². The van der Waals surface area contributed by atoms with Crippen molar-refractivity contribution in [3.8, 4) is 0 Å². The Morgan fingerprint density at radius 2 is 1.78 bits per heavy atom. The van der Waals surface area contributed by atoms with Gasteiger partial charge in [-0.25, -0.2) is 0 Å². The van der Waals surface area contributed by atoms with E-state index >= 15 is 0 Å². The lowest BCUT2D eigenvalue weighted by molar-refractivity contribution is -0.0116. The first-order valence-electron chi connectivity index (χ1n) is 7.53. The summed E-state index contributed by atoms with van der Waals surface area (Å²) in [4.78, 5) is 0. The molecule has 3 heteroatoms. The van der Waals surface area contributed by atoms with Gasteiger partial charge in [-0.15, -0.1) is 0 Å². The Balaban J connectivity index is 2.09. The zero-order chi connectivity index (χ0) is 13.5. The topological polar surface area (TPSA) is 42.0 Å². The first-order valence-corrected chi connectivity index (χ1v) is 7.53. The highest BCUT2D eigenvalue weighted by atomic mass is 16.8. The highest BCUT2D eigenvalue weighted by Gasteiger charge is 2.41. The Morgan fingerprint density at radius 3 is 2.39 bits per heavy atom. The third-order valence-electron chi connectivity index (χ3n) is 3.93. The Hall–Kier alpha value is -0.120. The lowest BCUT2D eigenvalue weighted by atomic mass is 9.88. The first-order chi connectivity index (χ1) is 8.58. The molecular formula is C15H30O3. The highest BCUT2D eigenvalue weighted by Crippen LogP contribution is 2.33. The molecule has 5 atom stereocenters. The van der Waals surface area contributed by atoms with Crippen LogP contribution in [0.4, 0.5) is 0 Å². The van der Waals surface area contributed by atoms with Gasteiger partial charge in [-0.05, 0) is 24.7 Å². The zero-order valence-corrected chi connectivity index (χ0v) is 12.4. The van der Waals surface area contributed by atoms with Crippen molar-refractivity contribution in [3.05, 3.63) is 0 Å². The number of hydrogen-bond acceptors (Lipinski definition) is 3. The normalized spacial score (nSPS) is 27.8. The molecule has 0 aromatic carbocycles. The van der Waals surface area contributed by atoms with E-state index in [0.717, 1.165) is 25.2 Å². The van der Waals surface area contributed by atoms with Gasteiger partial charge in [0.2, 0.25) is 0 Å². The molecule has 1 aliphatic heterocycles. The van der Waals surface area contributed by atoms with Gasteiger partial charge in [-0.1, -0.05) is 47.0 Å². The second-order valence-corrected chi connectivity index (χ2v) is 5.80. The molecule has 3 nitrogen and oxygen atoms in total. The summed E-state index contributed by atoms with van der Waals surface area (Å²) in [5, 5.41) is 9.57. The van der Waals surface area contributed by atoms with Gasteiger partial charge in [0.05, 0.1) is 12.7 Å². The quantitative estimate of drug-likeness (QED) is 0.611. The predicted molar refractivity (Wildman–Crippen MR) is 73.4 cm³/mol. The summed E-state index contributed by atoms with van der Waals surface area (Å²) >= 11 is 0. The molecule has 1 saturated heterocycles. The summed E-state index contributed by atoms with van der Waals surface area (Å²) in [5.41, 5.74) is 0. The van der Waals surface area contributed by atoms with Crippen LogP contribution in [-0.4, -0.2) is 30.2 Å². The van der Waals surface area contributed by atoms with Gasteiger partial charge in [-0.2, -0.15) is 0 Å². The van der Waals surface area contributed by atoms with E-state index in [1.54, 1.807) is 0 Å². The van der Waals surface area contributed by atoms with Crippen LogP contribution in [0.25, 0.3) is 0 Å². The molecule has 0 amide bonds. The molecule has 1 heterocycles. The standard InChI is InChI=1S/C15H30O3/c1-5-7-11(3)12(4)9-14-15(18-14)17-10-13(16)8-6-2/h11-16H,5-10H2,1-4H3. The molecule has 0 aliphatic carbocycles. The van der Waals surface area contributed by atoms with Crippen LogP contribution >= 0.6 is 0 Å². The Morgan fingerprint density at radius 1 is 1.11 bits per heavy atom. The SMILES string of the molecule is CCCC(O)COC1OC1CC(C)C(C)CCC. The van der Waals surface area contributed by atoms with Crippen LogP contribution in [0.15, 0.2) is 0 Å². The van der Waals surface area contributed by atoms with E-state index in [9.17, 15) is 5.11 Å². The van der Waals surface area contributed by atoms with Crippen LogP contribution in [-0.2, 0) is 9.47 Å². The minimum atomic E-state index is -0.337. The smallest absolute Gasteiger partial charge is 0.184 e. The molecule has 0 aromatic heterocycles. The van der Waals surface area contributed by atoms with Gasteiger partial charge in [0.15, 0.2) is 6.29 Å². The lowest BCUT2D eigenvalue weighted by Crippen LogP contribution is -2.18. The van der Waals surface area contributed by atoms with Gasteiger partial charge in [0.1, 0.15) is 6.10 Å². The zero-order valence-electron chi connectivity index (χ0n) is 12.4. The summed E-state index contributed by atoms with van der Waals surface area (Å²) in [6, 6.07) is 0. The summed E-state index contributed by atoms with van der Waals surface area (Å²) < 4.78 is 11.1. The Kier molecular flexibility index (Phi) is 7.20. The minimum Gasteiger partial charge on any atom is -0.391 e. The van der Waals surface area contributed by atoms with E-state index < -0.39 is 0 Å². The molecule has 0 aromatic rings. The second kappa shape index (κ2) is 8.13. The molecule has 1 N–H and O–H groups in total. The van der Waals surface area contributed by atoms with E-state index in [2.05, 4.69) is 27.7 Å². The number of aliphatic hydroxyl groups is 1. The maximum absolute atomic E-state index is 9.57. The van der Waals surface area contributed by atoms with Crippen LogP contribution in [0.3, 0.4) is 0 Å². The molecule has 1 aliphatic rings. The molecule has 108 valence electrons. The number of epoxide rings is 1. The van der Waals surface area contributed by atoms with Crippen LogP contribution in [0.2, 0.25) is 0 Å².